The highest BCUT2D eigenvalue weighted by atomic mass is 16.2. The van der Waals surface area contributed by atoms with Crippen LogP contribution < -0.4 is 16.0 Å². The molecule has 0 bridgehead atoms. The Balaban J connectivity index is 1.73. The number of anilines is 4. The minimum atomic E-state index is -0.330. The normalized spacial score (nSPS) is 10.2. The number of aryl methyl sites for hydroxylation is 2. The summed E-state index contributed by atoms with van der Waals surface area (Å²) in [6.45, 7) is 5.55. The maximum atomic E-state index is 12.6. The third kappa shape index (κ3) is 4.94. The molecule has 0 aliphatic heterocycles. The van der Waals surface area contributed by atoms with Gasteiger partial charge in [0.25, 0.3) is 5.91 Å². The van der Waals surface area contributed by atoms with Crippen molar-refractivity contribution >= 4 is 34.6 Å². The summed E-state index contributed by atoms with van der Waals surface area (Å²) in [5, 5.41) is 8.78. The zero-order valence-electron chi connectivity index (χ0n) is 16.0. The zero-order valence-corrected chi connectivity index (χ0v) is 16.0. The first-order valence-corrected chi connectivity index (χ1v) is 8.90. The van der Waals surface area contributed by atoms with Gasteiger partial charge in [-0.25, -0.2) is 0 Å². The van der Waals surface area contributed by atoms with Gasteiger partial charge in [0.2, 0.25) is 5.91 Å². The molecule has 0 atom stereocenters. The fraction of sp³-hybridized carbons (Fsp3) is 0.136. The Morgan fingerprint density at radius 2 is 1.50 bits per heavy atom. The monoisotopic (exact) mass is 374 g/mol. The number of carbonyl (C=O) groups excluding carboxylic acids is 2. The molecule has 0 unspecified atom stereocenters. The van der Waals surface area contributed by atoms with E-state index in [9.17, 15) is 9.59 Å². The number of carbonyl (C=O) groups is 2. The summed E-state index contributed by atoms with van der Waals surface area (Å²) in [6.07, 6.45) is 1.59. The molecule has 3 aromatic rings. The van der Waals surface area contributed by atoms with Crippen molar-refractivity contribution in [2.75, 3.05) is 16.0 Å². The van der Waals surface area contributed by atoms with E-state index in [1.807, 2.05) is 12.1 Å². The second-order valence-electron chi connectivity index (χ2n) is 6.57. The third-order valence-corrected chi connectivity index (χ3v) is 4.23. The molecule has 3 N–H and O–H groups in total. The minimum absolute atomic E-state index is 0.171. The van der Waals surface area contributed by atoms with Crippen LogP contribution in [0.2, 0.25) is 0 Å². The highest BCUT2D eigenvalue weighted by molar-refractivity contribution is 6.03. The van der Waals surface area contributed by atoms with E-state index in [-0.39, 0.29) is 11.8 Å². The maximum absolute atomic E-state index is 12.6. The summed E-state index contributed by atoms with van der Waals surface area (Å²) in [5.74, 6) is -0.501. The summed E-state index contributed by atoms with van der Waals surface area (Å²) in [7, 11) is 0. The first-order valence-electron chi connectivity index (χ1n) is 8.90. The molecule has 0 aliphatic carbocycles. The standard InChI is InChI=1S/C22H22N4O2/c1-14-7-8-19(11-15(14)2)25-20-9-10-23-21(13-20)22(28)26-18-6-4-5-17(12-18)24-16(3)27/h4-13H,1-3H3,(H,23,25)(H,24,27)(H,26,28). The van der Waals surface area contributed by atoms with Crippen LogP contribution in [0.4, 0.5) is 22.7 Å². The minimum Gasteiger partial charge on any atom is -0.355 e. The summed E-state index contributed by atoms with van der Waals surface area (Å²) >= 11 is 0. The number of aromatic nitrogens is 1. The van der Waals surface area contributed by atoms with Crippen molar-refractivity contribution in [2.24, 2.45) is 0 Å². The quantitative estimate of drug-likeness (QED) is 0.607. The third-order valence-electron chi connectivity index (χ3n) is 4.23. The molecule has 1 aromatic heterocycles. The number of nitrogens with zero attached hydrogens (tertiary/aromatic N) is 1. The fourth-order valence-electron chi connectivity index (χ4n) is 2.69. The molecule has 0 aliphatic rings. The van der Waals surface area contributed by atoms with Gasteiger partial charge in [0.15, 0.2) is 0 Å². The van der Waals surface area contributed by atoms with E-state index < -0.39 is 0 Å². The maximum Gasteiger partial charge on any atom is 0.274 e. The Hall–Kier alpha value is -3.67. The molecule has 0 spiro atoms. The van der Waals surface area contributed by atoms with Gasteiger partial charge in [0.05, 0.1) is 0 Å². The molecule has 0 saturated carbocycles. The summed E-state index contributed by atoms with van der Waals surface area (Å²) < 4.78 is 0. The average molecular weight is 374 g/mol. The van der Waals surface area contributed by atoms with Crippen LogP contribution in [0.3, 0.4) is 0 Å². The van der Waals surface area contributed by atoms with Crippen molar-refractivity contribution in [3.63, 3.8) is 0 Å². The van der Waals surface area contributed by atoms with Crippen LogP contribution in [-0.2, 0) is 4.79 Å². The van der Waals surface area contributed by atoms with Gasteiger partial charge in [-0.3, -0.25) is 14.6 Å². The number of benzene rings is 2. The molecule has 2 amide bonds. The number of pyridine rings is 1. The van der Waals surface area contributed by atoms with Crippen LogP contribution in [0.1, 0.15) is 28.5 Å². The van der Waals surface area contributed by atoms with Gasteiger partial charge in [-0.05, 0) is 67.4 Å². The van der Waals surface area contributed by atoms with Gasteiger partial charge in [0.1, 0.15) is 5.69 Å². The SMILES string of the molecule is CC(=O)Nc1cccc(NC(=O)c2cc(Nc3ccc(C)c(C)c3)ccn2)c1. The van der Waals surface area contributed by atoms with E-state index >= 15 is 0 Å². The summed E-state index contributed by atoms with van der Waals surface area (Å²) in [5.41, 5.74) is 5.62. The number of rotatable bonds is 5. The van der Waals surface area contributed by atoms with Gasteiger partial charge >= 0.3 is 0 Å². The lowest BCUT2D eigenvalue weighted by Gasteiger charge is -2.11. The Bertz CT molecular complexity index is 1030. The molecule has 0 fully saturated rings. The molecule has 6 nitrogen and oxygen atoms in total. The van der Waals surface area contributed by atoms with Crippen LogP contribution >= 0.6 is 0 Å². The van der Waals surface area contributed by atoms with E-state index in [1.165, 1.54) is 18.1 Å². The first-order chi connectivity index (χ1) is 13.4. The Kier molecular flexibility index (Phi) is 5.69. The predicted octanol–water partition coefficient (Wildman–Crippen LogP) is 4.65. The van der Waals surface area contributed by atoms with Crippen molar-refractivity contribution in [1.29, 1.82) is 0 Å². The molecule has 0 saturated heterocycles. The zero-order chi connectivity index (χ0) is 20.1. The van der Waals surface area contributed by atoms with Crippen LogP contribution in [-0.4, -0.2) is 16.8 Å². The lowest BCUT2D eigenvalue weighted by atomic mass is 10.1. The smallest absolute Gasteiger partial charge is 0.274 e. The summed E-state index contributed by atoms with van der Waals surface area (Å²) in [6, 6.07) is 16.6. The predicted molar refractivity (Wildman–Crippen MR) is 112 cm³/mol. The molecule has 2 aromatic carbocycles. The molecule has 142 valence electrons. The van der Waals surface area contributed by atoms with Crippen molar-refractivity contribution in [3.05, 3.63) is 77.6 Å². The Morgan fingerprint density at radius 3 is 2.21 bits per heavy atom. The van der Waals surface area contributed by atoms with Crippen molar-refractivity contribution in [2.45, 2.75) is 20.8 Å². The average Bonchev–Trinajstić information content (AvgIpc) is 2.65. The van der Waals surface area contributed by atoms with Crippen LogP contribution in [0.25, 0.3) is 0 Å². The van der Waals surface area contributed by atoms with E-state index in [0.29, 0.717) is 17.1 Å². The molecule has 28 heavy (non-hydrogen) atoms. The molecule has 0 radical (unpaired) electrons. The van der Waals surface area contributed by atoms with Crippen molar-refractivity contribution in [3.8, 4) is 0 Å². The second-order valence-corrected chi connectivity index (χ2v) is 6.57. The van der Waals surface area contributed by atoms with Crippen LogP contribution in [0, 0.1) is 13.8 Å². The highest BCUT2D eigenvalue weighted by Crippen LogP contribution is 2.21. The van der Waals surface area contributed by atoms with E-state index in [4.69, 9.17) is 0 Å². The topological polar surface area (TPSA) is 83.1 Å². The Labute approximate surface area is 164 Å². The van der Waals surface area contributed by atoms with Gasteiger partial charge < -0.3 is 16.0 Å². The van der Waals surface area contributed by atoms with E-state index in [2.05, 4.69) is 46.9 Å². The van der Waals surface area contributed by atoms with Gasteiger partial charge in [-0.2, -0.15) is 0 Å². The van der Waals surface area contributed by atoms with Crippen LogP contribution in [0.5, 0.6) is 0 Å². The van der Waals surface area contributed by atoms with Crippen LogP contribution in [0.15, 0.2) is 60.8 Å². The van der Waals surface area contributed by atoms with Gasteiger partial charge in [-0.15, -0.1) is 0 Å². The molecular weight excluding hydrogens is 352 g/mol. The summed E-state index contributed by atoms with van der Waals surface area (Å²) in [4.78, 5) is 27.9. The van der Waals surface area contributed by atoms with Gasteiger partial charge in [-0.1, -0.05) is 12.1 Å². The molecule has 6 heteroatoms. The lowest BCUT2D eigenvalue weighted by Crippen LogP contribution is -2.14. The van der Waals surface area contributed by atoms with E-state index in [1.54, 1.807) is 36.5 Å². The number of amides is 2. The van der Waals surface area contributed by atoms with E-state index in [0.717, 1.165) is 11.4 Å². The van der Waals surface area contributed by atoms with Crippen molar-refractivity contribution < 1.29 is 9.59 Å². The second kappa shape index (κ2) is 8.35. The first kappa shape index (κ1) is 19.1. The molecule has 1 heterocycles. The fourth-order valence-corrected chi connectivity index (χ4v) is 2.69. The largest absolute Gasteiger partial charge is 0.355 e. The highest BCUT2D eigenvalue weighted by Gasteiger charge is 2.09. The Morgan fingerprint density at radius 1 is 0.786 bits per heavy atom. The number of hydrogen-bond acceptors (Lipinski definition) is 4. The molecule has 3 rings (SSSR count). The lowest BCUT2D eigenvalue weighted by molar-refractivity contribution is -0.114. The van der Waals surface area contributed by atoms with Crippen molar-refractivity contribution in [1.82, 2.24) is 4.98 Å². The number of hydrogen-bond donors (Lipinski definition) is 3. The molecular formula is C22H22N4O2. The van der Waals surface area contributed by atoms with Gasteiger partial charge in [0, 0.05) is 35.9 Å². The number of nitrogens with one attached hydrogen (secondary N) is 3.